The molecule has 0 radical (unpaired) electrons. The Morgan fingerprint density at radius 3 is 3.07 bits per heavy atom. The first-order valence-electron chi connectivity index (χ1n) is 5.01. The van der Waals surface area contributed by atoms with Crippen LogP contribution in [0.15, 0.2) is 0 Å². The van der Waals surface area contributed by atoms with E-state index in [1.54, 1.807) is 4.90 Å². The van der Waals surface area contributed by atoms with Crippen molar-refractivity contribution in [1.29, 1.82) is 0 Å². The molecule has 14 heavy (non-hydrogen) atoms. The van der Waals surface area contributed by atoms with Crippen LogP contribution >= 0.6 is 0 Å². The van der Waals surface area contributed by atoms with E-state index in [9.17, 15) is 4.79 Å². The number of carbonyl (C=O) groups excluding carboxylic acids is 1. The summed E-state index contributed by atoms with van der Waals surface area (Å²) in [7, 11) is 0. The second-order valence-corrected chi connectivity index (χ2v) is 3.92. The third-order valence-electron chi connectivity index (χ3n) is 2.73. The number of amides is 1. The molecule has 2 aliphatic rings. The maximum atomic E-state index is 11.4. The van der Waals surface area contributed by atoms with Crippen LogP contribution in [0.1, 0.15) is 12.8 Å². The zero-order valence-corrected chi connectivity index (χ0v) is 8.20. The number of hydrogen-bond acceptors (Lipinski definition) is 4. The Morgan fingerprint density at radius 1 is 1.57 bits per heavy atom. The SMILES string of the molecule is NCCN1CC2(CCCOC2)OC1=O. The Balaban J connectivity index is 1.99. The van der Waals surface area contributed by atoms with E-state index >= 15 is 0 Å². The molecule has 0 aliphatic carbocycles. The van der Waals surface area contributed by atoms with Crippen LogP contribution in [0.4, 0.5) is 4.79 Å². The summed E-state index contributed by atoms with van der Waals surface area (Å²) in [6, 6.07) is 0. The molecular weight excluding hydrogens is 184 g/mol. The molecule has 0 aromatic heterocycles. The molecule has 5 nitrogen and oxygen atoms in total. The van der Waals surface area contributed by atoms with Crippen molar-refractivity contribution in [3.8, 4) is 0 Å². The zero-order chi connectivity index (χ0) is 10.0. The van der Waals surface area contributed by atoms with Gasteiger partial charge in [-0.15, -0.1) is 0 Å². The average Bonchev–Trinajstić information content (AvgIpc) is 2.45. The van der Waals surface area contributed by atoms with E-state index in [1.165, 1.54) is 0 Å². The second kappa shape index (κ2) is 3.74. The molecule has 80 valence electrons. The summed E-state index contributed by atoms with van der Waals surface area (Å²) in [4.78, 5) is 13.1. The molecule has 1 amide bonds. The fourth-order valence-electron chi connectivity index (χ4n) is 2.05. The van der Waals surface area contributed by atoms with Crippen LogP contribution in [-0.4, -0.2) is 49.4 Å². The van der Waals surface area contributed by atoms with Crippen molar-refractivity contribution >= 4 is 6.09 Å². The minimum atomic E-state index is -0.384. The number of ether oxygens (including phenoxy) is 2. The monoisotopic (exact) mass is 200 g/mol. The van der Waals surface area contributed by atoms with Crippen molar-refractivity contribution in [2.24, 2.45) is 5.73 Å². The molecule has 0 bridgehead atoms. The first kappa shape index (κ1) is 9.73. The van der Waals surface area contributed by atoms with Crippen molar-refractivity contribution in [1.82, 2.24) is 4.90 Å². The van der Waals surface area contributed by atoms with Crippen LogP contribution in [0.2, 0.25) is 0 Å². The molecule has 0 saturated carbocycles. The Bertz CT molecular complexity index is 226. The largest absolute Gasteiger partial charge is 0.438 e. The van der Waals surface area contributed by atoms with Crippen molar-refractivity contribution in [3.05, 3.63) is 0 Å². The highest BCUT2D eigenvalue weighted by Gasteiger charge is 2.46. The number of nitrogens with zero attached hydrogens (tertiary/aromatic N) is 1. The van der Waals surface area contributed by atoms with Crippen LogP contribution in [0.5, 0.6) is 0 Å². The van der Waals surface area contributed by atoms with Crippen LogP contribution in [0.25, 0.3) is 0 Å². The van der Waals surface area contributed by atoms with Gasteiger partial charge in [-0.2, -0.15) is 0 Å². The van der Waals surface area contributed by atoms with Gasteiger partial charge in [0.25, 0.3) is 0 Å². The van der Waals surface area contributed by atoms with Crippen LogP contribution in [0, 0.1) is 0 Å². The first-order chi connectivity index (χ1) is 6.76. The second-order valence-electron chi connectivity index (χ2n) is 3.92. The summed E-state index contributed by atoms with van der Waals surface area (Å²) < 4.78 is 10.7. The van der Waals surface area contributed by atoms with E-state index in [0.717, 1.165) is 19.4 Å². The molecule has 1 unspecified atom stereocenters. The molecule has 2 saturated heterocycles. The van der Waals surface area contributed by atoms with E-state index in [2.05, 4.69) is 0 Å². The lowest BCUT2D eigenvalue weighted by atomic mass is 9.97. The number of hydrogen-bond donors (Lipinski definition) is 1. The summed E-state index contributed by atoms with van der Waals surface area (Å²) in [5, 5.41) is 0. The van der Waals surface area contributed by atoms with Crippen molar-refractivity contribution in [3.63, 3.8) is 0 Å². The minimum absolute atomic E-state index is 0.249. The van der Waals surface area contributed by atoms with E-state index < -0.39 is 0 Å². The van der Waals surface area contributed by atoms with Gasteiger partial charge in [-0.3, -0.25) is 0 Å². The summed E-state index contributed by atoms with van der Waals surface area (Å²) in [6.07, 6.45) is 1.62. The van der Waals surface area contributed by atoms with E-state index in [1.807, 2.05) is 0 Å². The van der Waals surface area contributed by atoms with Crippen molar-refractivity contribution < 1.29 is 14.3 Å². The van der Waals surface area contributed by atoms with Crippen LogP contribution in [-0.2, 0) is 9.47 Å². The van der Waals surface area contributed by atoms with Gasteiger partial charge in [-0.25, -0.2) is 4.79 Å². The summed E-state index contributed by atoms with van der Waals surface area (Å²) in [6.45, 7) is 2.98. The molecule has 1 spiro atoms. The highest BCUT2D eigenvalue weighted by atomic mass is 16.6. The molecule has 2 aliphatic heterocycles. The zero-order valence-electron chi connectivity index (χ0n) is 8.20. The van der Waals surface area contributed by atoms with Crippen LogP contribution in [0.3, 0.4) is 0 Å². The lowest BCUT2D eigenvalue weighted by Gasteiger charge is -2.30. The van der Waals surface area contributed by atoms with Gasteiger partial charge in [0.15, 0.2) is 5.60 Å². The van der Waals surface area contributed by atoms with Gasteiger partial charge < -0.3 is 20.1 Å². The Labute approximate surface area is 83.1 Å². The molecule has 2 N–H and O–H groups in total. The minimum Gasteiger partial charge on any atom is -0.438 e. The van der Waals surface area contributed by atoms with E-state index in [-0.39, 0.29) is 11.7 Å². The average molecular weight is 200 g/mol. The van der Waals surface area contributed by atoms with Crippen molar-refractivity contribution in [2.75, 3.05) is 32.8 Å². The molecule has 2 heterocycles. The molecule has 0 aromatic carbocycles. The number of carbonyl (C=O) groups is 1. The maximum absolute atomic E-state index is 11.4. The van der Waals surface area contributed by atoms with Gasteiger partial charge >= 0.3 is 6.09 Å². The summed E-state index contributed by atoms with van der Waals surface area (Å²) in [5.74, 6) is 0. The molecule has 2 rings (SSSR count). The topological polar surface area (TPSA) is 64.8 Å². The molecule has 0 aromatic rings. The Kier molecular flexibility index (Phi) is 2.60. The number of rotatable bonds is 2. The maximum Gasteiger partial charge on any atom is 0.410 e. The molecule has 2 fully saturated rings. The van der Waals surface area contributed by atoms with Gasteiger partial charge in [0, 0.05) is 19.7 Å². The molecular formula is C9H16N2O3. The van der Waals surface area contributed by atoms with Gasteiger partial charge in [-0.05, 0) is 12.8 Å². The van der Waals surface area contributed by atoms with E-state index in [0.29, 0.717) is 26.2 Å². The third kappa shape index (κ3) is 1.69. The molecule has 5 heteroatoms. The van der Waals surface area contributed by atoms with Gasteiger partial charge in [0.05, 0.1) is 13.2 Å². The van der Waals surface area contributed by atoms with Gasteiger partial charge in [-0.1, -0.05) is 0 Å². The van der Waals surface area contributed by atoms with Crippen LogP contribution < -0.4 is 5.73 Å². The highest BCUT2D eigenvalue weighted by molar-refractivity contribution is 5.70. The van der Waals surface area contributed by atoms with Gasteiger partial charge in [0.2, 0.25) is 0 Å². The lowest BCUT2D eigenvalue weighted by molar-refractivity contribution is -0.0650. The summed E-state index contributed by atoms with van der Waals surface area (Å²) in [5.41, 5.74) is 5.02. The first-order valence-corrected chi connectivity index (χ1v) is 5.01. The third-order valence-corrected chi connectivity index (χ3v) is 2.73. The van der Waals surface area contributed by atoms with Crippen molar-refractivity contribution in [2.45, 2.75) is 18.4 Å². The fraction of sp³-hybridized carbons (Fsp3) is 0.889. The van der Waals surface area contributed by atoms with Gasteiger partial charge in [0.1, 0.15) is 0 Å². The Hall–Kier alpha value is -0.810. The highest BCUT2D eigenvalue weighted by Crippen LogP contribution is 2.30. The standard InChI is InChI=1S/C9H16N2O3/c10-3-4-11-6-9(14-8(11)12)2-1-5-13-7-9/h1-7,10H2. The Morgan fingerprint density at radius 2 is 2.43 bits per heavy atom. The number of nitrogens with two attached hydrogens (primary N) is 1. The fourth-order valence-corrected chi connectivity index (χ4v) is 2.05. The predicted octanol–water partition coefficient (Wildman–Crippen LogP) is -0.0535. The normalized spacial score (nSPS) is 32.4. The predicted molar refractivity (Wildman–Crippen MR) is 49.9 cm³/mol. The van der Waals surface area contributed by atoms with E-state index in [4.69, 9.17) is 15.2 Å². The smallest absolute Gasteiger partial charge is 0.410 e. The summed E-state index contributed by atoms with van der Waals surface area (Å²) >= 11 is 0. The lowest BCUT2D eigenvalue weighted by Crippen LogP contribution is -2.43. The quantitative estimate of drug-likeness (QED) is 0.678. The molecule has 1 atom stereocenters.